The van der Waals surface area contributed by atoms with Crippen molar-refractivity contribution in [2.75, 3.05) is 26.4 Å². The van der Waals surface area contributed by atoms with Crippen LogP contribution in [0.5, 0.6) is 11.5 Å². The third kappa shape index (κ3) is 5.09. The molecule has 7 heteroatoms. The molecule has 2 heterocycles. The molecule has 0 saturated heterocycles. The molecule has 0 atom stereocenters. The van der Waals surface area contributed by atoms with E-state index in [4.69, 9.17) is 9.47 Å². The first-order valence-electron chi connectivity index (χ1n) is 8.56. The number of thiazole rings is 1. The van der Waals surface area contributed by atoms with Gasteiger partial charge in [0.1, 0.15) is 0 Å². The van der Waals surface area contributed by atoms with Gasteiger partial charge in [-0.15, -0.1) is 11.3 Å². The number of nitrogens with zero attached hydrogens (tertiary/aromatic N) is 2. The first-order valence-corrected chi connectivity index (χ1v) is 9.38. The average molecular weight is 360 g/mol. The Kier molecular flexibility index (Phi) is 6.11. The first-order chi connectivity index (χ1) is 12.2. The van der Waals surface area contributed by atoms with E-state index >= 15 is 0 Å². The third-order valence-corrected chi connectivity index (χ3v) is 4.72. The van der Waals surface area contributed by atoms with E-state index in [1.807, 2.05) is 18.3 Å². The van der Waals surface area contributed by atoms with Gasteiger partial charge in [0.15, 0.2) is 17.5 Å². The van der Waals surface area contributed by atoms with Gasteiger partial charge in [0.2, 0.25) is 6.79 Å². The number of rotatable bonds is 7. The molecule has 6 nitrogen and oxygen atoms in total. The van der Waals surface area contributed by atoms with Gasteiger partial charge in [-0.25, -0.2) is 4.98 Å². The van der Waals surface area contributed by atoms with Crippen LogP contribution in [0.25, 0.3) is 0 Å². The Morgan fingerprint density at radius 1 is 1.24 bits per heavy atom. The van der Waals surface area contributed by atoms with Gasteiger partial charge in [-0.05, 0) is 38.0 Å². The Hall–Kier alpha value is -2.28. The van der Waals surface area contributed by atoms with Crippen LogP contribution in [-0.2, 0) is 12.8 Å². The molecule has 25 heavy (non-hydrogen) atoms. The molecule has 0 radical (unpaired) electrons. The molecule has 3 rings (SSSR count). The number of aryl methyl sites for hydroxylation is 1. The quantitative estimate of drug-likeness (QED) is 0.587. The molecule has 0 aliphatic carbocycles. The Labute approximate surface area is 152 Å². The fourth-order valence-corrected chi connectivity index (χ4v) is 3.32. The summed E-state index contributed by atoms with van der Waals surface area (Å²) in [5, 5.41) is 7.79. The smallest absolute Gasteiger partial charge is 0.231 e. The number of hydrogen-bond donors (Lipinski definition) is 2. The fraction of sp³-hybridized carbons (Fsp3) is 0.444. The highest BCUT2D eigenvalue weighted by Crippen LogP contribution is 2.32. The maximum absolute atomic E-state index is 5.42. The molecular weight excluding hydrogens is 336 g/mol. The summed E-state index contributed by atoms with van der Waals surface area (Å²) in [4.78, 5) is 10.2. The van der Waals surface area contributed by atoms with Crippen molar-refractivity contribution in [3.8, 4) is 11.5 Å². The molecule has 0 amide bonds. The lowest BCUT2D eigenvalue weighted by Crippen LogP contribution is -2.38. The molecule has 1 aliphatic rings. The van der Waals surface area contributed by atoms with Crippen LogP contribution in [0.15, 0.2) is 29.4 Å². The van der Waals surface area contributed by atoms with E-state index in [9.17, 15) is 0 Å². The lowest BCUT2D eigenvalue weighted by Gasteiger charge is -2.11. The largest absolute Gasteiger partial charge is 0.454 e. The van der Waals surface area contributed by atoms with Crippen molar-refractivity contribution in [2.24, 2.45) is 4.99 Å². The number of aliphatic imine (C=N–C) groups is 1. The van der Waals surface area contributed by atoms with Crippen LogP contribution in [0.3, 0.4) is 0 Å². The van der Waals surface area contributed by atoms with Gasteiger partial charge < -0.3 is 20.1 Å². The zero-order valence-electron chi connectivity index (χ0n) is 14.7. The predicted octanol–water partition coefficient (Wildman–Crippen LogP) is 2.52. The highest BCUT2D eigenvalue weighted by atomic mass is 32.1. The van der Waals surface area contributed by atoms with E-state index < -0.39 is 0 Å². The number of nitrogens with one attached hydrogen (secondary N) is 2. The van der Waals surface area contributed by atoms with E-state index in [1.54, 1.807) is 11.3 Å². The minimum atomic E-state index is 0.312. The van der Waals surface area contributed by atoms with Crippen molar-refractivity contribution in [1.29, 1.82) is 0 Å². The molecule has 2 aromatic rings. The topological polar surface area (TPSA) is 67.8 Å². The molecule has 1 aromatic carbocycles. The van der Waals surface area contributed by atoms with Gasteiger partial charge in [0.25, 0.3) is 0 Å². The number of hydrogen-bond acceptors (Lipinski definition) is 5. The summed E-state index contributed by atoms with van der Waals surface area (Å²) in [5.41, 5.74) is 1.21. The van der Waals surface area contributed by atoms with Crippen molar-refractivity contribution < 1.29 is 9.47 Å². The normalized spacial score (nSPS) is 13.1. The lowest BCUT2D eigenvalue weighted by molar-refractivity contribution is 0.174. The molecule has 1 aliphatic heterocycles. The third-order valence-electron chi connectivity index (χ3n) is 3.75. The van der Waals surface area contributed by atoms with Gasteiger partial charge in [-0.3, -0.25) is 4.99 Å². The first kappa shape index (κ1) is 17.5. The van der Waals surface area contributed by atoms with Gasteiger partial charge >= 0.3 is 0 Å². The summed E-state index contributed by atoms with van der Waals surface area (Å²) in [5.74, 6) is 2.50. The Morgan fingerprint density at radius 2 is 2.12 bits per heavy atom. The highest BCUT2D eigenvalue weighted by Gasteiger charge is 2.12. The minimum absolute atomic E-state index is 0.312. The molecule has 1 aromatic heterocycles. The van der Waals surface area contributed by atoms with Crippen molar-refractivity contribution >= 4 is 17.3 Å². The molecule has 0 saturated carbocycles. The Bertz CT molecular complexity index is 730. The van der Waals surface area contributed by atoms with Crippen molar-refractivity contribution in [1.82, 2.24) is 15.6 Å². The molecule has 134 valence electrons. The number of aromatic nitrogens is 1. The maximum atomic E-state index is 5.42. The molecule has 0 fully saturated rings. The summed E-state index contributed by atoms with van der Waals surface area (Å²) in [6.07, 6.45) is 3.68. The second kappa shape index (κ2) is 8.71. The predicted molar refractivity (Wildman–Crippen MR) is 101 cm³/mol. The zero-order valence-corrected chi connectivity index (χ0v) is 15.5. The van der Waals surface area contributed by atoms with Gasteiger partial charge in [0, 0.05) is 37.1 Å². The van der Waals surface area contributed by atoms with Crippen LogP contribution >= 0.6 is 11.3 Å². The van der Waals surface area contributed by atoms with Crippen molar-refractivity contribution in [3.05, 3.63) is 39.8 Å². The Morgan fingerprint density at radius 3 is 2.92 bits per heavy atom. The van der Waals surface area contributed by atoms with Gasteiger partial charge in [-0.2, -0.15) is 0 Å². The SMILES string of the molecule is CCNC(=NCCc1ncc(C)s1)NCCc1ccc2c(c1)OCO2. The summed E-state index contributed by atoms with van der Waals surface area (Å²) in [6.45, 7) is 6.83. The molecule has 2 N–H and O–H groups in total. The van der Waals surface area contributed by atoms with Gasteiger partial charge in [-0.1, -0.05) is 6.07 Å². The van der Waals surface area contributed by atoms with E-state index in [-0.39, 0.29) is 0 Å². The zero-order chi connectivity index (χ0) is 17.5. The lowest BCUT2D eigenvalue weighted by atomic mass is 10.1. The second-order valence-electron chi connectivity index (χ2n) is 5.74. The Balaban J connectivity index is 1.47. The number of guanidine groups is 1. The number of ether oxygens (including phenoxy) is 2. The van der Waals surface area contributed by atoms with E-state index in [1.165, 1.54) is 10.4 Å². The van der Waals surface area contributed by atoms with E-state index in [2.05, 4.69) is 40.5 Å². The van der Waals surface area contributed by atoms with E-state index in [0.29, 0.717) is 6.79 Å². The van der Waals surface area contributed by atoms with Crippen molar-refractivity contribution in [3.63, 3.8) is 0 Å². The minimum Gasteiger partial charge on any atom is -0.454 e. The second-order valence-corrected chi connectivity index (χ2v) is 7.06. The standard InChI is InChI=1S/C18H24N4O2S/c1-3-19-18(21-9-7-17-22-11-13(2)25-17)20-8-6-14-4-5-15-16(10-14)24-12-23-15/h4-5,10-11H,3,6-9,12H2,1-2H3,(H2,19,20,21). The molecule has 0 unspecified atom stereocenters. The van der Waals surface area contributed by atoms with Gasteiger partial charge in [0.05, 0.1) is 5.01 Å². The number of benzene rings is 1. The van der Waals surface area contributed by atoms with Crippen LogP contribution in [-0.4, -0.2) is 37.4 Å². The maximum Gasteiger partial charge on any atom is 0.231 e. The summed E-state index contributed by atoms with van der Waals surface area (Å²) in [6, 6.07) is 6.08. The summed E-state index contributed by atoms with van der Waals surface area (Å²) >= 11 is 1.73. The average Bonchev–Trinajstić information content (AvgIpc) is 3.23. The monoisotopic (exact) mass is 360 g/mol. The van der Waals surface area contributed by atoms with Crippen LogP contribution in [0.2, 0.25) is 0 Å². The van der Waals surface area contributed by atoms with Crippen molar-refractivity contribution in [2.45, 2.75) is 26.7 Å². The molecular formula is C18H24N4O2S. The number of fused-ring (bicyclic) bond motifs is 1. The highest BCUT2D eigenvalue weighted by molar-refractivity contribution is 7.11. The van der Waals surface area contributed by atoms with Crippen LogP contribution in [0, 0.1) is 6.92 Å². The van der Waals surface area contributed by atoms with E-state index in [0.717, 1.165) is 54.9 Å². The van der Waals surface area contributed by atoms with Crippen LogP contribution < -0.4 is 20.1 Å². The fourth-order valence-electron chi connectivity index (χ4n) is 2.54. The summed E-state index contributed by atoms with van der Waals surface area (Å²) < 4.78 is 10.8. The van der Waals surface area contributed by atoms with Crippen LogP contribution in [0.4, 0.5) is 0 Å². The summed E-state index contributed by atoms with van der Waals surface area (Å²) in [7, 11) is 0. The van der Waals surface area contributed by atoms with Crippen LogP contribution in [0.1, 0.15) is 22.4 Å². The molecule has 0 spiro atoms. The molecule has 0 bridgehead atoms.